The van der Waals surface area contributed by atoms with Crippen LogP contribution in [0.5, 0.6) is 0 Å². The summed E-state index contributed by atoms with van der Waals surface area (Å²) in [6, 6.07) is -0.307. The van der Waals surface area contributed by atoms with Gasteiger partial charge in [-0.3, -0.25) is 14.5 Å². The molecular weight excluding hydrogens is 364 g/mol. The molecule has 9 heteroatoms. The van der Waals surface area contributed by atoms with Gasteiger partial charge in [0.05, 0.1) is 6.61 Å². The van der Waals surface area contributed by atoms with Gasteiger partial charge >= 0.3 is 6.09 Å². The predicted octanol–water partition coefficient (Wildman–Crippen LogP) is 0.367. The summed E-state index contributed by atoms with van der Waals surface area (Å²) in [4.78, 5) is 38.4. The summed E-state index contributed by atoms with van der Waals surface area (Å²) < 4.78 is 5.20. The number of rotatable bonds is 6. The lowest BCUT2D eigenvalue weighted by atomic mass is 9.93. The number of alkyl carbamates (subject to hydrolysis) is 1. The molecule has 1 heterocycles. The van der Waals surface area contributed by atoms with Crippen LogP contribution in [0, 0.1) is 0 Å². The van der Waals surface area contributed by atoms with Crippen LogP contribution in [0.2, 0.25) is 0 Å². The molecular formula is C19H36N4O5. The number of aliphatic hydroxyl groups is 1. The van der Waals surface area contributed by atoms with Gasteiger partial charge in [0.1, 0.15) is 11.1 Å². The number of aliphatic hydroxyl groups excluding tert-OH is 1. The van der Waals surface area contributed by atoms with Gasteiger partial charge in [-0.1, -0.05) is 0 Å². The SMILES string of the molecule is CC(=O)NC1(C(=O)NC(C)(C)C)C[C@@H](CO)N(CCNC(=O)OC(C)(C)C)C1. The number of carbonyl (C=O) groups excluding carboxylic acids is 3. The lowest BCUT2D eigenvalue weighted by molar-refractivity contribution is -0.133. The molecule has 0 aromatic heterocycles. The van der Waals surface area contributed by atoms with Crippen LogP contribution >= 0.6 is 0 Å². The smallest absolute Gasteiger partial charge is 0.407 e. The van der Waals surface area contributed by atoms with E-state index in [-0.39, 0.29) is 37.4 Å². The van der Waals surface area contributed by atoms with Crippen LogP contribution in [0.4, 0.5) is 4.79 Å². The zero-order chi connectivity index (χ0) is 21.8. The molecule has 162 valence electrons. The van der Waals surface area contributed by atoms with Gasteiger partial charge in [-0.15, -0.1) is 0 Å². The van der Waals surface area contributed by atoms with Gasteiger partial charge in [-0.05, 0) is 48.0 Å². The van der Waals surface area contributed by atoms with E-state index in [1.807, 2.05) is 25.7 Å². The monoisotopic (exact) mass is 400 g/mol. The Morgan fingerprint density at radius 3 is 2.25 bits per heavy atom. The highest BCUT2D eigenvalue weighted by molar-refractivity contribution is 5.92. The Morgan fingerprint density at radius 2 is 1.79 bits per heavy atom. The van der Waals surface area contributed by atoms with Crippen LogP contribution in [-0.4, -0.2) is 76.9 Å². The molecule has 0 aromatic rings. The zero-order valence-corrected chi connectivity index (χ0v) is 18.1. The fourth-order valence-electron chi connectivity index (χ4n) is 3.24. The van der Waals surface area contributed by atoms with Gasteiger partial charge in [-0.2, -0.15) is 0 Å². The summed E-state index contributed by atoms with van der Waals surface area (Å²) in [7, 11) is 0. The van der Waals surface area contributed by atoms with Gasteiger partial charge in [-0.25, -0.2) is 4.79 Å². The molecule has 0 spiro atoms. The van der Waals surface area contributed by atoms with E-state index in [4.69, 9.17) is 4.74 Å². The second-order valence-corrected chi connectivity index (χ2v) is 9.41. The van der Waals surface area contributed by atoms with Crippen molar-refractivity contribution in [2.45, 2.75) is 77.6 Å². The van der Waals surface area contributed by atoms with E-state index < -0.39 is 22.8 Å². The number of likely N-dealkylation sites (tertiary alicyclic amines) is 1. The quantitative estimate of drug-likeness (QED) is 0.511. The molecule has 1 unspecified atom stereocenters. The van der Waals surface area contributed by atoms with E-state index in [0.29, 0.717) is 13.1 Å². The van der Waals surface area contributed by atoms with E-state index in [0.717, 1.165) is 0 Å². The van der Waals surface area contributed by atoms with Gasteiger partial charge in [0.2, 0.25) is 11.8 Å². The third-order valence-electron chi connectivity index (χ3n) is 4.19. The molecule has 9 nitrogen and oxygen atoms in total. The largest absolute Gasteiger partial charge is 0.444 e. The maximum absolute atomic E-state index is 12.9. The number of hydrogen-bond donors (Lipinski definition) is 4. The Kier molecular flexibility index (Phi) is 7.84. The molecule has 2 atom stereocenters. The maximum Gasteiger partial charge on any atom is 0.407 e. The van der Waals surface area contributed by atoms with Crippen molar-refractivity contribution in [3.05, 3.63) is 0 Å². The van der Waals surface area contributed by atoms with Crippen LogP contribution in [0.25, 0.3) is 0 Å². The van der Waals surface area contributed by atoms with Crippen LogP contribution in [0.3, 0.4) is 0 Å². The number of carbonyl (C=O) groups is 3. The third kappa shape index (κ3) is 7.63. The minimum Gasteiger partial charge on any atom is -0.444 e. The highest BCUT2D eigenvalue weighted by Crippen LogP contribution is 2.28. The van der Waals surface area contributed by atoms with Crippen molar-refractivity contribution in [2.75, 3.05) is 26.2 Å². The normalized spacial score (nSPS) is 23.2. The van der Waals surface area contributed by atoms with E-state index in [1.165, 1.54) is 6.92 Å². The first-order chi connectivity index (χ1) is 12.7. The highest BCUT2D eigenvalue weighted by atomic mass is 16.6. The fraction of sp³-hybridized carbons (Fsp3) is 0.842. The van der Waals surface area contributed by atoms with Crippen LogP contribution in [0.15, 0.2) is 0 Å². The van der Waals surface area contributed by atoms with E-state index in [9.17, 15) is 19.5 Å². The predicted molar refractivity (Wildman–Crippen MR) is 106 cm³/mol. The van der Waals surface area contributed by atoms with Crippen LogP contribution in [-0.2, 0) is 14.3 Å². The Bertz CT molecular complexity index is 582. The minimum absolute atomic E-state index is 0.156. The minimum atomic E-state index is -1.13. The molecule has 1 aliphatic rings. The Balaban J connectivity index is 2.82. The van der Waals surface area contributed by atoms with Gasteiger partial charge < -0.3 is 25.8 Å². The third-order valence-corrected chi connectivity index (χ3v) is 4.19. The van der Waals surface area contributed by atoms with Gasteiger partial charge in [0.25, 0.3) is 0 Å². The number of nitrogens with one attached hydrogen (secondary N) is 3. The summed E-state index contributed by atoms with van der Waals surface area (Å²) in [5.41, 5.74) is -2.17. The molecule has 4 N–H and O–H groups in total. The highest BCUT2D eigenvalue weighted by Gasteiger charge is 2.50. The standard InChI is InChI=1S/C19H36N4O5/c1-13(25)21-19(15(26)22-17(2,3)4)10-14(11-24)23(12-19)9-8-20-16(27)28-18(5,6)7/h14,24H,8-12H2,1-7H3,(H,20,27)(H,21,25)(H,22,26)/t14-,19?/m0/s1. The van der Waals surface area contributed by atoms with Crippen molar-refractivity contribution in [1.29, 1.82) is 0 Å². The maximum atomic E-state index is 12.9. The van der Waals surface area contributed by atoms with Gasteiger partial charge in [0, 0.05) is 38.1 Å². The first kappa shape index (κ1) is 24.2. The number of hydrogen-bond acceptors (Lipinski definition) is 6. The lowest BCUT2D eigenvalue weighted by Crippen LogP contribution is -2.62. The second kappa shape index (κ2) is 9.09. The first-order valence-electron chi connectivity index (χ1n) is 9.60. The molecule has 1 saturated heterocycles. The van der Waals surface area contributed by atoms with Crippen molar-refractivity contribution < 1.29 is 24.2 Å². The molecule has 1 fully saturated rings. The van der Waals surface area contributed by atoms with Crippen molar-refractivity contribution >= 4 is 17.9 Å². The average Bonchev–Trinajstić information content (AvgIpc) is 2.82. The molecule has 0 radical (unpaired) electrons. The Hall–Kier alpha value is -1.87. The lowest BCUT2D eigenvalue weighted by Gasteiger charge is -2.33. The van der Waals surface area contributed by atoms with Crippen LogP contribution in [0.1, 0.15) is 54.9 Å². The average molecular weight is 401 g/mol. The molecule has 3 amide bonds. The molecule has 1 aliphatic heterocycles. The number of amides is 3. The van der Waals surface area contributed by atoms with Crippen molar-refractivity contribution in [1.82, 2.24) is 20.9 Å². The fourth-order valence-corrected chi connectivity index (χ4v) is 3.24. The Labute approximate surface area is 167 Å². The summed E-state index contributed by atoms with van der Waals surface area (Å²) in [5, 5.41) is 18.2. The number of ether oxygens (including phenoxy) is 1. The summed E-state index contributed by atoms with van der Waals surface area (Å²) in [6.45, 7) is 13.1. The first-order valence-corrected chi connectivity index (χ1v) is 9.60. The topological polar surface area (TPSA) is 120 Å². The van der Waals surface area contributed by atoms with Crippen molar-refractivity contribution in [3.8, 4) is 0 Å². The van der Waals surface area contributed by atoms with Crippen molar-refractivity contribution in [3.63, 3.8) is 0 Å². The molecule has 0 saturated carbocycles. The van der Waals surface area contributed by atoms with E-state index in [2.05, 4.69) is 16.0 Å². The second-order valence-electron chi connectivity index (χ2n) is 9.41. The summed E-state index contributed by atoms with van der Waals surface area (Å²) in [6.07, 6.45) is -0.233. The number of nitrogens with zero attached hydrogens (tertiary/aromatic N) is 1. The summed E-state index contributed by atoms with van der Waals surface area (Å²) in [5.74, 6) is -0.592. The van der Waals surface area contributed by atoms with Gasteiger partial charge in [0.15, 0.2) is 0 Å². The van der Waals surface area contributed by atoms with Crippen LogP contribution < -0.4 is 16.0 Å². The molecule has 28 heavy (non-hydrogen) atoms. The molecule has 1 rings (SSSR count). The Morgan fingerprint density at radius 1 is 1.18 bits per heavy atom. The summed E-state index contributed by atoms with van der Waals surface area (Å²) >= 11 is 0. The van der Waals surface area contributed by atoms with E-state index in [1.54, 1.807) is 20.8 Å². The van der Waals surface area contributed by atoms with E-state index >= 15 is 0 Å². The molecule has 0 bridgehead atoms. The molecule has 0 aliphatic carbocycles. The van der Waals surface area contributed by atoms with Crippen molar-refractivity contribution in [2.24, 2.45) is 0 Å². The molecule has 0 aromatic carbocycles. The zero-order valence-electron chi connectivity index (χ0n) is 18.1.